The molecule has 9 heteroatoms. The summed E-state index contributed by atoms with van der Waals surface area (Å²) in [6.45, 7) is 1.45. The van der Waals surface area contributed by atoms with Crippen molar-refractivity contribution >= 4 is 68.1 Å². The molecule has 1 N–H and O–H groups in total. The molecular weight excluding hydrogens is 480 g/mol. The van der Waals surface area contributed by atoms with Crippen molar-refractivity contribution in [2.45, 2.75) is 6.92 Å². The normalized spacial score (nSPS) is 15.2. The van der Waals surface area contributed by atoms with Crippen LogP contribution in [-0.2, 0) is 9.59 Å². The van der Waals surface area contributed by atoms with E-state index in [1.807, 2.05) is 6.92 Å². The van der Waals surface area contributed by atoms with Crippen LogP contribution in [0.1, 0.15) is 11.1 Å². The van der Waals surface area contributed by atoms with Crippen molar-refractivity contribution in [1.29, 1.82) is 0 Å². The lowest BCUT2D eigenvalue weighted by atomic mass is 10.2. The number of carbonyl (C=O) groups excluding carboxylic acids is 3. The number of benzene rings is 2. The van der Waals surface area contributed by atoms with Gasteiger partial charge in [-0.3, -0.25) is 19.3 Å². The summed E-state index contributed by atoms with van der Waals surface area (Å²) >= 11 is 10.1. The van der Waals surface area contributed by atoms with Crippen LogP contribution in [0.5, 0.6) is 5.75 Å². The molecule has 6 nitrogen and oxygen atoms in total. The van der Waals surface area contributed by atoms with Gasteiger partial charge in [-0.25, -0.2) is 0 Å². The molecule has 2 aromatic carbocycles. The Hall–Kier alpha value is -2.29. The first-order valence-corrected chi connectivity index (χ1v) is 10.4. The number of imide groups is 1. The molecule has 0 bridgehead atoms. The Morgan fingerprint density at radius 1 is 1.28 bits per heavy atom. The predicted molar refractivity (Wildman–Crippen MR) is 118 cm³/mol. The summed E-state index contributed by atoms with van der Waals surface area (Å²) in [4.78, 5) is 38.4. The van der Waals surface area contributed by atoms with Gasteiger partial charge in [-0.15, -0.1) is 0 Å². The van der Waals surface area contributed by atoms with Gasteiger partial charge in [0, 0.05) is 10.7 Å². The lowest BCUT2D eigenvalue weighted by Gasteiger charge is -2.13. The molecule has 1 aliphatic heterocycles. The SMILES string of the molecule is COc1ccc(/C=C2/SC(=O)N(CC(=O)Nc3cc(Cl)ccc3C)C2=O)cc1Br. The zero-order valence-corrected chi connectivity index (χ0v) is 18.7. The van der Waals surface area contributed by atoms with E-state index in [0.29, 0.717) is 16.5 Å². The summed E-state index contributed by atoms with van der Waals surface area (Å²) in [5, 5.41) is 2.67. The fourth-order valence-corrected chi connectivity index (χ4v) is 4.19. The fourth-order valence-electron chi connectivity index (χ4n) is 2.62. The summed E-state index contributed by atoms with van der Waals surface area (Å²) in [6, 6.07) is 10.4. The number of hydrogen-bond donors (Lipinski definition) is 1. The minimum Gasteiger partial charge on any atom is -0.496 e. The molecule has 0 aromatic heterocycles. The molecule has 3 rings (SSSR count). The van der Waals surface area contributed by atoms with E-state index in [-0.39, 0.29) is 11.4 Å². The first kappa shape index (κ1) is 21.4. The van der Waals surface area contributed by atoms with Crippen LogP contribution in [0, 0.1) is 6.92 Å². The van der Waals surface area contributed by atoms with Crippen LogP contribution in [-0.4, -0.2) is 35.6 Å². The van der Waals surface area contributed by atoms with Gasteiger partial charge in [-0.05, 0) is 76.1 Å². The highest BCUT2D eigenvalue weighted by Crippen LogP contribution is 2.33. The van der Waals surface area contributed by atoms with Crippen LogP contribution in [0.2, 0.25) is 5.02 Å². The lowest BCUT2D eigenvalue weighted by Crippen LogP contribution is -2.36. The minimum absolute atomic E-state index is 0.249. The molecule has 0 unspecified atom stereocenters. The first-order valence-electron chi connectivity index (χ1n) is 8.43. The Labute approximate surface area is 185 Å². The summed E-state index contributed by atoms with van der Waals surface area (Å²) < 4.78 is 5.90. The number of methoxy groups -OCH3 is 1. The number of ether oxygens (including phenoxy) is 1. The summed E-state index contributed by atoms with van der Waals surface area (Å²) in [6.07, 6.45) is 1.61. The molecule has 3 amide bonds. The first-order chi connectivity index (χ1) is 13.8. The number of thioether (sulfide) groups is 1. The number of nitrogens with zero attached hydrogens (tertiary/aromatic N) is 1. The van der Waals surface area contributed by atoms with E-state index >= 15 is 0 Å². The topological polar surface area (TPSA) is 75.7 Å². The number of hydrogen-bond acceptors (Lipinski definition) is 5. The molecule has 1 fully saturated rings. The summed E-state index contributed by atoms with van der Waals surface area (Å²) in [5.41, 5.74) is 2.08. The number of amides is 3. The Morgan fingerprint density at radius 2 is 2.03 bits per heavy atom. The molecule has 1 aliphatic rings. The van der Waals surface area contributed by atoms with E-state index in [0.717, 1.165) is 32.3 Å². The van der Waals surface area contributed by atoms with Crippen molar-refractivity contribution < 1.29 is 19.1 Å². The van der Waals surface area contributed by atoms with Crippen molar-refractivity contribution in [2.75, 3.05) is 19.0 Å². The maximum Gasteiger partial charge on any atom is 0.294 e. The van der Waals surface area contributed by atoms with Crippen LogP contribution in [0.4, 0.5) is 10.5 Å². The minimum atomic E-state index is -0.509. The Bertz CT molecular complexity index is 1040. The number of anilines is 1. The van der Waals surface area contributed by atoms with Crippen LogP contribution in [0.15, 0.2) is 45.8 Å². The second-order valence-electron chi connectivity index (χ2n) is 6.17. The highest BCUT2D eigenvalue weighted by molar-refractivity contribution is 9.10. The number of nitrogens with one attached hydrogen (secondary N) is 1. The Balaban J connectivity index is 1.72. The van der Waals surface area contributed by atoms with Gasteiger partial charge >= 0.3 is 0 Å². The number of halogens is 2. The second-order valence-corrected chi connectivity index (χ2v) is 8.45. The molecule has 0 saturated carbocycles. The molecule has 0 aliphatic carbocycles. The molecule has 1 heterocycles. The van der Waals surface area contributed by atoms with Crippen LogP contribution in [0.3, 0.4) is 0 Å². The molecule has 150 valence electrons. The van der Waals surface area contributed by atoms with E-state index in [9.17, 15) is 14.4 Å². The van der Waals surface area contributed by atoms with E-state index in [1.54, 1.807) is 49.6 Å². The smallest absolute Gasteiger partial charge is 0.294 e. The van der Waals surface area contributed by atoms with Gasteiger partial charge in [0.25, 0.3) is 11.1 Å². The van der Waals surface area contributed by atoms with Crippen molar-refractivity contribution in [1.82, 2.24) is 4.90 Å². The largest absolute Gasteiger partial charge is 0.496 e. The van der Waals surface area contributed by atoms with Crippen molar-refractivity contribution in [2.24, 2.45) is 0 Å². The number of carbonyl (C=O) groups is 3. The molecular formula is C20H16BrClN2O4S. The van der Waals surface area contributed by atoms with Crippen molar-refractivity contribution in [3.05, 3.63) is 61.9 Å². The van der Waals surface area contributed by atoms with Crippen LogP contribution in [0.25, 0.3) is 6.08 Å². The third-order valence-electron chi connectivity index (χ3n) is 4.12. The molecule has 0 spiro atoms. The summed E-state index contributed by atoms with van der Waals surface area (Å²) in [7, 11) is 1.56. The van der Waals surface area contributed by atoms with Gasteiger partial charge in [0.15, 0.2) is 0 Å². The van der Waals surface area contributed by atoms with E-state index in [1.165, 1.54) is 0 Å². The summed E-state index contributed by atoms with van der Waals surface area (Å²) in [5.74, 6) is -0.334. The Morgan fingerprint density at radius 3 is 2.72 bits per heavy atom. The van der Waals surface area contributed by atoms with Crippen molar-refractivity contribution in [3.8, 4) is 5.75 Å². The molecule has 29 heavy (non-hydrogen) atoms. The lowest BCUT2D eigenvalue weighted by molar-refractivity contribution is -0.127. The molecule has 0 atom stereocenters. The van der Waals surface area contributed by atoms with E-state index < -0.39 is 17.1 Å². The van der Waals surface area contributed by atoms with Crippen LogP contribution >= 0.6 is 39.3 Å². The van der Waals surface area contributed by atoms with Gasteiger partial charge in [-0.2, -0.15) is 0 Å². The highest BCUT2D eigenvalue weighted by Gasteiger charge is 2.36. The average molecular weight is 496 g/mol. The van der Waals surface area contributed by atoms with Crippen molar-refractivity contribution in [3.63, 3.8) is 0 Å². The van der Waals surface area contributed by atoms with Gasteiger partial charge in [0.05, 0.1) is 16.5 Å². The monoisotopic (exact) mass is 494 g/mol. The zero-order valence-electron chi connectivity index (χ0n) is 15.5. The van der Waals surface area contributed by atoms with Gasteiger partial charge < -0.3 is 10.1 Å². The third-order valence-corrected chi connectivity index (χ3v) is 5.88. The van der Waals surface area contributed by atoms with Gasteiger partial charge in [0.1, 0.15) is 12.3 Å². The number of aryl methyl sites for hydroxylation is 1. The third kappa shape index (κ3) is 5.01. The maximum absolute atomic E-state index is 12.6. The maximum atomic E-state index is 12.6. The quantitative estimate of drug-likeness (QED) is 0.585. The van der Waals surface area contributed by atoms with E-state index in [2.05, 4.69) is 21.2 Å². The number of rotatable bonds is 5. The van der Waals surface area contributed by atoms with Crippen LogP contribution < -0.4 is 10.1 Å². The molecule has 1 saturated heterocycles. The van der Waals surface area contributed by atoms with Gasteiger partial charge in [-0.1, -0.05) is 23.7 Å². The standard InChI is InChI=1S/C20H16BrClN2O4S/c1-11-3-5-13(22)9-15(11)23-18(25)10-24-19(26)17(29-20(24)27)8-12-4-6-16(28-2)14(21)7-12/h3-9H,10H2,1-2H3,(H,23,25)/b17-8+. The highest BCUT2D eigenvalue weighted by atomic mass is 79.9. The predicted octanol–water partition coefficient (Wildman–Crippen LogP) is 5.09. The zero-order chi connectivity index (χ0) is 21.1. The van der Waals surface area contributed by atoms with Gasteiger partial charge in [0.2, 0.25) is 5.91 Å². The molecule has 2 aromatic rings. The Kier molecular flexibility index (Phi) is 6.66. The molecule has 0 radical (unpaired) electrons. The second kappa shape index (κ2) is 9.02. The van der Waals surface area contributed by atoms with E-state index in [4.69, 9.17) is 16.3 Å². The average Bonchev–Trinajstić information content (AvgIpc) is 2.92. The fraction of sp³-hybridized carbons (Fsp3) is 0.150.